The largest absolute Gasteiger partial charge is 0.324 e. The minimum atomic E-state index is -0.399. The Labute approximate surface area is 261 Å². The highest BCUT2D eigenvalue weighted by atomic mass is 32.1. The predicted molar refractivity (Wildman–Crippen MR) is 178 cm³/mol. The van der Waals surface area contributed by atoms with Crippen molar-refractivity contribution in [1.29, 1.82) is 0 Å². The number of hydrogen-bond donors (Lipinski definition) is 3. The number of aromatic nitrogens is 3. The summed E-state index contributed by atoms with van der Waals surface area (Å²) in [5.74, 6) is 0.375. The predicted octanol–water partition coefficient (Wildman–Crippen LogP) is 7.70. The Morgan fingerprint density at radius 2 is 1.73 bits per heavy atom. The first-order valence-corrected chi connectivity index (χ1v) is 16.0. The topological polar surface area (TPSA) is 101 Å². The van der Waals surface area contributed by atoms with E-state index in [1.54, 1.807) is 10.2 Å². The van der Waals surface area contributed by atoms with Gasteiger partial charge in [0.25, 0.3) is 0 Å². The third-order valence-corrected chi connectivity index (χ3v) is 9.09. The minimum absolute atomic E-state index is 0.0640. The Morgan fingerprint density at radius 3 is 2.48 bits per heavy atom. The fourth-order valence-corrected chi connectivity index (χ4v) is 6.56. The first kappa shape index (κ1) is 29.7. The molecule has 1 aliphatic rings. The summed E-state index contributed by atoms with van der Waals surface area (Å²) in [6.45, 7) is 10.0. The van der Waals surface area contributed by atoms with Gasteiger partial charge in [-0.15, -0.1) is 11.3 Å². The van der Waals surface area contributed by atoms with Gasteiger partial charge in [-0.3, -0.25) is 10.1 Å². The van der Waals surface area contributed by atoms with Crippen molar-refractivity contribution in [3.8, 4) is 5.69 Å². The van der Waals surface area contributed by atoms with Crippen LogP contribution in [0.25, 0.3) is 15.9 Å². The molecule has 0 aliphatic carbocycles. The number of carbonyl (C=O) groups is 2. The van der Waals surface area contributed by atoms with Crippen molar-refractivity contribution in [2.24, 2.45) is 5.92 Å². The van der Waals surface area contributed by atoms with Gasteiger partial charge in [-0.05, 0) is 80.7 Å². The second-order valence-electron chi connectivity index (χ2n) is 12.5. The second kappa shape index (κ2) is 12.3. The van der Waals surface area contributed by atoms with E-state index >= 15 is 0 Å². The van der Waals surface area contributed by atoms with E-state index in [-0.39, 0.29) is 17.1 Å². The van der Waals surface area contributed by atoms with Crippen LogP contribution in [0.15, 0.2) is 78.3 Å². The third-order valence-electron chi connectivity index (χ3n) is 8.30. The average molecular weight is 607 g/mol. The first-order chi connectivity index (χ1) is 21.2. The van der Waals surface area contributed by atoms with E-state index in [1.165, 1.54) is 11.3 Å². The monoisotopic (exact) mass is 606 g/mol. The van der Waals surface area contributed by atoms with Crippen molar-refractivity contribution in [1.82, 2.24) is 20.1 Å². The van der Waals surface area contributed by atoms with Crippen LogP contribution in [-0.2, 0) is 5.41 Å². The Morgan fingerprint density at radius 1 is 0.977 bits per heavy atom. The van der Waals surface area contributed by atoms with Crippen LogP contribution in [0.3, 0.4) is 0 Å². The summed E-state index contributed by atoms with van der Waals surface area (Å²) in [6.07, 6.45) is 1.76. The lowest BCUT2D eigenvalue weighted by Gasteiger charge is -2.31. The molecule has 44 heavy (non-hydrogen) atoms. The molecule has 3 N–H and O–H groups in total. The number of nitrogens with zero attached hydrogens (tertiary/aromatic N) is 3. The molecule has 0 spiro atoms. The van der Waals surface area contributed by atoms with Crippen molar-refractivity contribution >= 4 is 44.9 Å². The van der Waals surface area contributed by atoms with Crippen LogP contribution in [0.1, 0.15) is 66.7 Å². The van der Waals surface area contributed by atoms with E-state index in [4.69, 9.17) is 5.10 Å². The van der Waals surface area contributed by atoms with Crippen LogP contribution in [0, 0.1) is 12.8 Å². The standard InChI is InChI=1S/C35H38N6O2S/c1-22-9-12-25(13-10-22)41-31(20-30(40-41)35(2,3)4)39-34(43)38-27-8-6-5-7-26(27)32(23-15-17-36-18-16-23)33(42)24-11-14-28-29(19-24)44-21-37-28/h5-14,19-21,23,32,36H,15-18H2,1-4H3,(H2,38,39,43). The normalized spacial score (nSPS) is 14.8. The number of fused-ring (bicyclic) bond motifs is 1. The van der Waals surface area contributed by atoms with Gasteiger partial charge < -0.3 is 10.6 Å². The van der Waals surface area contributed by atoms with Gasteiger partial charge in [0, 0.05) is 22.7 Å². The molecule has 2 amide bonds. The van der Waals surface area contributed by atoms with Gasteiger partial charge in [0.1, 0.15) is 5.82 Å². The molecule has 3 heterocycles. The molecule has 3 aromatic carbocycles. The van der Waals surface area contributed by atoms with Crippen LogP contribution in [0.5, 0.6) is 0 Å². The Balaban J connectivity index is 1.32. The Kier molecular flexibility index (Phi) is 8.33. The zero-order valence-corrected chi connectivity index (χ0v) is 26.4. The summed E-state index contributed by atoms with van der Waals surface area (Å²) >= 11 is 1.53. The van der Waals surface area contributed by atoms with Crippen LogP contribution in [-0.4, -0.2) is 39.7 Å². The van der Waals surface area contributed by atoms with Gasteiger partial charge in [0.05, 0.1) is 33.0 Å². The van der Waals surface area contributed by atoms with E-state index in [1.807, 2.05) is 79.7 Å². The number of thiazole rings is 1. The molecule has 8 nitrogen and oxygen atoms in total. The van der Waals surface area contributed by atoms with Crippen LogP contribution in [0.4, 0.5) is 16.3 Å². The molecular weight excluding hydrogens is 568 g/mol. The molecule has 1 unspecified atom stereocenters. The molecule has 1 aliphatic heterocycles. The fraction of sp³-hybridized carbons (Fsp3) is 0.314. The maximum absolute atomic E-state index is 14.3. The van der Waals surface area contributed by atoms with Gasteiger partial charge in [0.2, 0.25) is 0 Å². The lowest BCUT2D eigenvalue weighted by atomic mass is 9.75. The van der Waals surface area contributed by atoms with Crippen LogP contribution >= 0.6 is 11.3 Å². The Bertz CT molecular complexity index is 1790. The zero-order chi connectivity index (χ0) is 30.8. The number of benzene rings is 3. The summed E-state index contributed by atoms with van der Waals surface area (Å²) in [6, 6.07) is 23.0. The number of carbonyl (C=O) groups excluding carboxylic acids is 2. The van der Waals surface area contributed by atoms with Crippen molar-refractivity contribution in [2.45, 2.75) is 51.9 Å². The number of para-hydroxylation sites is 1. The Hall–Kier alpha value is -4.34. The van der Waals surface area contributed by atoms with Crippen molar-refractivity contribution in [3.63, 3.8) is 0 Å². The second-order valence-corrected chi connectivity index (χ2v) is 13.4. The number of rotatable bonds is 7. The molecule has 0 bridgehead atoms. The molecule has 1 fully saturated rings. The van der Waals surface area contributed by atoms with Gasteiger partial charge >= 0.3 is 6.03 Å². The summed E-state index contributed by atoms with van der Waals surface area (Å²) < 4.78 is 2.76. The molecular formula is C35H38N6O2S. The van der Waals surface area contributed by atoms with E-state index < -0.39 is 11.9 Å². The smallest absolute Gasteiger partial charge is 0.317 e. The maximum Gasteiger partial charge on any atom is 0.324 e. The number of aryl methyl sites for hydroxylation is 1. The van der Waals surface area contributed by atoms with Crippen LogP contribution in [0.2, 0.25) is 0 Å². The molecule has 9 heteroatoms. The fourth-order valence-electron chi connectivity index (χ4n) is 5.85. The number of nitrogens with one attached hydrogen (secondary N) is 3. The van der Waals surface area contributed by atoms with E-state index in [2.05, 4.69) is 41.7 Å². The molecule has 1 atom stereocenters. The first-order valence-electron chi connectivity index (χ1n) is 15.1. The third kappa shape index (κ3) is 6.30. The number of anilines is 2. The number of amides is 2. The number of piperidine rings is 1. The van der Waals surface area contributed by atoms with E-state index in [0.29, 0.717) is 17.1 Å². The summed E-state index contributed by atoms with van der Waals surface area (Å²) in [7, 11) is 0. The number of Topliss-reactive ketones (excluding diaryl/α,β-unsaturated/α-hetero) is 1. The van der Waals surface area contributed by atoms with Gasteiger partial charge in [-0.1, -0.05) is 56.7 Å². The summed E-state index contributed by atoms with van der Waals surface area (Å²) in [4.78, 5) is 32.3. The molecule has 0 saturated carbocycles. The molecule has 226 valence electrons. The molecule has 1 saturated heterocycles. The van der Waals surface area contributed by atoms with E-state index in [9.17, 15) is 9.59 Å². The molecule has 2 aromatic heterocycles. The lowest BCUT2D eigenvalue weighted by Crippen LogP contribution is -2.34. The molecule has 0 radical (unpaired) electrons. The van der Waals surface area contributed by atoms with Crippen molar-refractivity contribution in [3.05, 3.63) is 101 Å². The van der Waals surface area contributed by atoms with Crippen molar-refractivity contribution < 1.29 is 9.59 Å². The van der Waals surface area contributed by atoms with E-state index in [0.717, 1.165) is 58.7 Å². The summed E-state index contributed by atoms with van der Waals surface area (Å²) in [5, 5.41) is 14.4. The van der Waals surface area contributed by atoms with Gasteiger partial charge in [-0.25, -0.2) is 14.5 Å². The highest BCUT2D eigenvalue weighted by Crippen LogP contribution is 2.38. The average Bonchev–Trinajstić information content (AvgIpc) is 3.66. The highest BCUT2D eigenvalue weighted by molar-refractivity contribution is 7.16. The summed E-state index contributed by atoms with van der Waals surface area (Å²) in [5.41, 5.74) is 7.47. The SMILES string of the molecule is Cc1ccc(-n2nc(C(C)(C)C)cc2NC(=O)Nc2ccccc2C(C(=O)c2ccc3ncsc3c2)C2CCNCC2)cc1. The minimum Gasteiger partial charge on any atom is -0.317 e. The number of hydrogen-bond acceptors (Lipinski definition) is 6. The maximum atomic E-state index is 14.3. The molecule has 6 rings (SSSR count). The number of urea groups is 1. The molecule has 5 aromatic rings. The quantitative estimate of drug-likeness (QED) is 0.165. The van der Waals surface area contributed by atoms with Crippen molar-refractivity contribution in [2.75, 3.05) is 23.7 Å². The van der Waals surface area contributed by atoms with Gasteiger partial charge in [0.15, 0.2) is 5.78 Å². The highest BCUT2D eigenvalue weighted by Gasteiger charge is 2.33. The zero-order valence-electron chi connectivity index (χ0n) is 25.6. The van der Waals surface area contributed by atoms with Crippen LogP contribution < -0.4 is 16.0 Å². The number of ketones is 1. The lowest BCUT2D eigenvalue weighted by molar-refractivity contribution is 0.0916. The van der Waals surface area contributed by atoms with Gasteiger partial charge in [-0.2, -0.15) is 5.10 Å².